The van der Waals surface area contributed by atoms with E-state index in [4.69, 9.17) is 5.26 Å². The molecule has 1 heterocycles. The van der Waals surface area contributed by atoms with Gasteiger partial charge in [-0.3, -0.25) is 0 Å². The van der Waals surface area contributed by atoms with Gasteiger partial charge in [-0.1, -0.05) is 6.07 Å². The number of nitrogens with zero attached hydrogens (tertiary/aromatic N) is 4. The second-order valence-electron chi connectivity index (χ2n) is 2.47. The first-order valence-corrected chi connectivity index (χ1v) is 3.51. The van der Waals surface area contributed by atoms with E-state index < -0.39 is 0 Å². The summed E-state index contributed by atoms with van der Waals surface area (Å²) in [5.74, 6) is 0. The van der Waals surface area contributed by atoms with Crippen molar-refractivity contribution in [1.29, 1.82) is 5.26 Å². The molecule has 0 N–H and O–H groups in total. The van der Waals surface area contributed by atoms with Crippen LogP contribution >= 0.6 is 0 Å². The minimum Gasteiger partial charge on any atom is -0.192 e. The van der Waals surface area contributed by atoms with Crippen molar-refractivity contribution < 1.29 is 0 Å². The van der Waals surface area contributed by atoms with Crippen molar-refractivity contribution in [1.82, 2.24) is 15.0 Å². The standard InChI is InChI=1S/C8H6N4/c1-12-10-7-4-2-3-6(5-9)8(7)11-12/h2-4H,1H3. The van der Waals surface area contributed by atoms with Gasteiger partial charge in [-0.15, -0.1) is 0 Å². The fraction of sp³-hybridized carbons (Fsp3) is 0.125. The summed E-state index contributed by atoms with van der Waals surface area (Å²) in [6.45, 7) is 0. The monoisotopic (exact) mass is 158 g/mol. The lowest BCUT2D eigenvalue weighted by Gasteiger charge is -1.85. The molecule has 0 aliphatic rings. The fourth-order valence-corrected chi connectivity index (χ4v) is 1.13. The molecule has 12 heavy (non-hydrogen) atoms. The zero-order valence-electron chi connectivity index (χ0n) is 6.52. The van der Waals surface area contributed by atoms with Crippen LogP contribution in [0, 0.1) is 11.3 Å². The Balaban J connectivity index is 2.89. The maximum Gasteiger partial charge on any atom is 0.130 e. The third-order valence-corrected chi connectivity index (χ3v) is 1.63. The van der Waals surface area contributed by atoms with Crippen molar-refractivity contribution >= 4 is 11.0 Å². The Bertz CT molecular complexity index is 463. The Morgan fingerprint density at radius 1 is 1.42 bits per heavy atom. The van der Waals surface area contributed by atoms with Gasteiger partial charge in [0, 0.05) is 7.05 Å². The van der Waals surface area contributed by atoms with Gasteiger partial charge in [0.25, 0.3) is 0 Å². The van der Waals surface area contributed by atoms with Crippen LogP contribution in [-0.4, -0.2) is 15.0 Å². The van der Waals surface area contributed by atoms with Gasteiger partial charge in [-0.2, -0.15) is 20.3 Å². The van der Waals surface area contributed by atoms with Crippen LogP contribution in [0.4, 0.5) is 0 Å². The van der Waals surface area contributed by atoms with Crippen LogP contribution in [0.5, 0.6) is 0 Å². The molecule has 0 amide bonds. The van der Waals surface area contributed by atoms with Crippen LogP contribution in [0.25, 0.3) is 11.0 Å². The van der Waals surface area contributed by atoms with Crippen molar-refractivity contribution in [2.24, 2.45) is 7.05 Å². The summed E-state index contributed by atoms with van der Waals surface area (Å²) in [5, 5.41) is 16.9. The Morgan fingerprint density at radius 2 is 2.25 bits per heavy atom. The number of hydrogen-bond donors (Lipinski definition) is 0. The third-order valence-electron chi connectivity index (χ3n) is 1.63. The average molecular weight is 158 g/mol. The molecule has 4 nitrogen and oxygen atoms in total. The van der Waals surface area contributed by atoms with Crippen molar-refractivity contribution in [3.8, 4) is 6.07 Å². The van der Waals surface area contributed by atoms with Crippen LogP contribution in [0.1, 0.15) is 5.56 Å². The highest BCUT2D eigenvalue weighted by Gasteiger charge is 2.03. The topological polar surface area (TPSA) is 54.5 Å². The lowest BCUT2D eigenvalue weighted by atomic mass is 10.2. The van der Waals surface area contributed by atoms with Crippen molar-refractivity contribution in [3.63, 3.8) is 0 Å². The molecule has 0 saturated heterocycles. The summed E-state index contributed by atoms with van der Waals surface area (Å²) in [6.07, 6.45) is 0. The van der Waals surface area contributed by atoms with Gasteiger partial charge in [-0.05, 0) is 12.1 Å². The van der Waals surface area contributed by atoms with Crippen molar-refractivity contribution in [3.05, 3.63) is 23.8 Å². The van der Waals surface area contributed by atoms with E-state index in [2.05, 4.69) is 16.3 Å². The minimum absolute atomic E-state index is 0.570. The van der Waals surface area contributed by atoms with Crippen LogP contribution in [0.15, 0.2) is 18.2 Å². The van der Waals surface area contributed by atoms with Gasteiger partial charge < -0.3 is 0 Å². The minimum atomic E-state index is 0.570. The molecule has 0 bridgehead atoms. The summed E-state index contributed by atoms with van der Waals surface area (Å²) in [7, 11) is 1.74. The summed E-state index contributed by atoms with van der Waals surface area (Å²) in [4.78, 5) is 1.46. The second kappa shape index (κ2) is 2.31. The molecule has 0 spiro atoms. The van der Waals surface area contributed by atoms with E-state index in [1.54, 1.807) is 19.2 Å². The number of aromatic nitrogens is 3. The summed E-state index contributed by atoms with van der Waals surface area (Å²) in [6, 6.07) is 7.44. The van der Waals surface area contributed by atoms with Gasteiger partial charge in [-0.25, -0.2) is 0 Å². The Kier molecular flexibility index (Phi) is 1.31. The predicted molar refractivity (Wildman–Crippen MR) is 43.2 cm³/mol. The van der Waals surface area contributed by atoms with Gasteiger partial charge in [0.2, 0.25) is 0 Å². The van der Waals surface area contributed by atoms with Crippen LogP contribution < -0.4 is 0 Å². The summed E-state index contributed by atoms with van der Waals surface area (Å²) in [5.41, 5.74) is 2.00. The summed E-state index contributed by atoms with van der Waals surface area (Å²) < 4.78 is 0. The van der Waals surface area contributed by atoms with Crippen LogP contribution in [0.2, 0.25) is 0 Å². The van der Waals surface area contributed by atoms with Gasteiger partial charge in [0.1, 0.15) is 17.1 Å². The average Bonchev–Trinajstić information content (AvgIpc) is 2.44. The van der Waals surface area contributed by atoms with Gasteiger partial charge in [0.05, 0.1) is 5.56 Å². The number of benzene rings is 1. The van der Waals surface area contributed by atoms with E-state index in [1.165, 1.54) is 4.80 Å². The third kappa shape index (κ3) is 0.839. The number of nitriles is 1. The summed E-state index contributed by atoms with van der Waals surface area (Å²) >= 11 is 0. The molecule has 0 unspecified atom stereocenters. The lowest BCUT2D eigenvalue weighted by molar-refractivity contribution is 0.665. The molecular formula is C8H6N4. The SMILES string of the molecule is Cn1nc2cccc(C#N)c2n1. The van der Waals surface area contributed by atoms with Crippen LogP contribution in [0.3, 0.4) is 0 Å². The molecule has 0 atom stereocenters. The number of hydrogen-bond acceptors (Lipinski definition) is 3. The highest BCUT2D eigenvalue weighted by molar-refractivity contribution is 5.79. The maximum atomic E-state index is 8.72. The molecule has 1 aromatic carbocycles. The van der Waals surface area contributed by atoms with E-state index in [0.29, 0.717) is 11.1 Å². The molecular weight excluding hydrogens is 152 g/mol. The second-order valence-corrected chi connectivity index (χ2v) is 2.47. The highest BCUT2D eigenvalue weighted by atomic mass is 15.4. The van der Waals surface area contributed by atoms with Crippen LogP contribution in [-0.2, 0) is 7.05 Å². The molecule has 0 saturated carbocycles. The smallest absolute Gasteiger partial charge is 0.130 e. The highest BCUT2D eigenvalue weighted by Crippen LogP contribution is 2.12. The fourth-order valence-electron chi connectivity index (χ4n) is 1.13. The number of aryl methyl sites for hydroxylation is 1. The molecule has 58 valence electrons. The molecule has 4 heteroatoms. The molecule has 0 radical (unpaired) electrons. The Morgan fingerprint density at radius 3 is 3.00 bits per heavy atom. The first-order valence-electron chi connectivity index (χ1n) is 3.51. The van der Waals surface area contributed by atoms with E-state index in [-0.39, 0.29) is 0 Å². The zero-order chi connectivity index (χ0) is 8.55. The molecule has 0 aliphatic heterocycles. The Labute approximate surface area is 69.0 Å². The zero-order valence-corrected chi connectivity index (χ0v) is 6.52. The van der Waals surface area contributed by atoms with E-state index in [9.17, 15) is 0 Å². The van der Waals surface area contributed by atoms with Gasteiger partial charge in [0.15, 0.2) is 0 Å². The molecule has 0 aliphatic carbocycles. The van der Waals surface area contributed by atoms with Gasteiger partial charge >= 0.3 is 0 Å². The molecule has 0 fully saturated rings. The van der Waals surface area contributed by atoms with E-state index in [0.717, 1.165) is 5.52 Å². The van der Waals surface area contributed by atoms with E-state index >= 15 is 0 Å². The Hall–Kier alpha value is -1.89. The lowest BCUT2D eigenvalue weighted by Crippen LogP contribution is -1.90. The molecule has 2 rings (SSSR count). The number of fused-ring (bicyclic) bond motifs is 1. The van der Waals surface area contributed by atoms with E-state index in [1.807, 2.05) is 6.07 Å². The van der Waals surface area contributed by atoms with Crippen molar-refractivity contribution in [2.75, 3.05) is 0 Å². The molecule has 1 aromatic heterocycles. The quantitative estimate of drug-likeness (QED) is 0.570. The first-order chi connectivity index (χ1) is 5.81. The largest absolute Gasteiger partial charge is 0.192 e. The maximum absolute atomic E-state index is 8.72. The predicted octanol–water partition coefficient (Wildman–Crippen LogP) is 0.840. The molecule has 2 aromatic rings. The normalized spacial score (nSPS) is 10.0. The first kappa shape index (κ1) is 6.80. The number of rotatable bonds is 0. The van der Waals surface area contributed by atoms with Crippen molar-refractivity contribution in [2.45, 2.75) is 0 Å².